The maximum absolute atomic E-state index is 3.59. The Kier molecular flexibility index (Phi) is 4.84. The van der Waals surface area contributed by atoms with Gasteiger partial charge in [-0.25, -0.2) is 0 Å². The van der Waals surface area contributed by atoms with Crippen LogP contribution in [0.25, 0.3) is 0 Å². The van der Waals surface area contributed by atoms with Gasteiger partial charge in [0.2, 0.25) is 0 Å². The highest BCUT2D eigenvalue weighted by Crippen LogP contribution is 2.33. The zero-order valence-electron chi connectivity index (χ0n) is 11.4. The summed E-state index contributed by atoms with van der Waals surface area (Å²) in [6, 6.07) is 10.9. The molecular weight excluding hydrogens is 218 g/mol. The standard InChI is InChI=1S/C17H23N/c1-3-16-11-12-17(14(16)2)18-13-7-10-15-8-5-4-6-9-15/h4-6,8-9,14,16-18H,3,11-13H2,1-2H3. The zero-order chi connectivity index (χ0) is 12.8. The molecule has 2 rings (SSSR count). The van der Waals surface area contributed by atoms with Gasteiger partial charge in [0.25, 0.3) is 0 Å². The van der Waals surface area contributed by atoms with E-state index in [-0.39, 0.29) is 0 Å². The number of rotatable bonds is 3. The van der Waals surface area contributed by atoms with Crippen LogP contribution in [0.5, 0.6) is 0 Å². The lowest BCUT2D eigenvalue weighted by molar-refractivity contribution is 0.353. The largest absolute Gasteiger partial charge is 0.303 e. The molecule has 1 aromatic carbocycles. The van der Waals surface area contributed by atoms with E-state index in [4.69, 9.17) is 0 Å². The first-order chi connectivity index (χ1) is 8.81. The van der Waals surface area contributed by atoms with Gasteiger partial charge in [-0.15, -0.1) is 0 Å². The topological polar surface area (TPSA) is 12.0 Å². The second-order valence-corrected chi connectivity index (χ2v) is 5.26. The Labute approximate surface area is 111 Å². The van der Waals surface area contributed by atoms with Gasteiger partial charge < -0.3 is 5.32 Å². The molecule has 3 unspecified atom stereocenters. The summed E-state index contributed by atoms with van der Waals surface area (Å²) >= 11 is 0. The van der Waals surface area contributed by atoms with Crippen molar-refractivity contribution in [1.29, 1.82) is 0 Å². The van der Waals surface area contributed by atoms with Crippen molar-refractivity contribution in [3.8, 4) is 11.8 Å². The van der Waals surface area contributed by atoms with Gasteiger partial charge in [-0.3, -0.25) is 0 Å². The number of hydrogen-bond acceptors (Lipinski definition) is 1. The van der Waals surface area contributed by atoms with Crippen LogP contribution in [0.2, 0.25) is 0 Å². The third kappa shape index (κ3) is 3.37. The summed E-state index contributed by atoms with van der Waals surface area (Å²) in [5.41, 5.74) is 1.10. The van der Waals surface area contributed by atoms with Crippen molar-refractivity contribution >= 4 is 0 Å². The Morgan fingerprint density at radius 3 is 2.67 bits per heavy atom. The Balaban J connectivity index is 1.78. The minimum Gasteiger partial charge on any atom is -0.303 e. The molecular formula is C17H23N. The van der Waals surface area contributed by atoms with Gasteiger partial charge in [0.05, 0.1) is 6.54 Å². The average Bonchev–Trinajstić information content (AvgIpc) is 2.77. The highest BCUT2D eigenvalue weighted by Gasteiger charge is 2.30. The van der Waals surface area contributed by atoms with Gasteiger partial charge in [-0.1, -0.05) is 50.3 Å². The Hall–Kier alpha value is -1.26. The smallest absolute Gasteiger partial charge is 0.0582 e. The molecule has 96 valence electrons. The van der Waals surface area contributed by atoms with Crippen LogP contribution in [0.3, 0.4) is 0 Å². The molecule has 1 heteroatoms. The van der Waals surface area contributed by atoms with E-state index in [1.165, 1.54) is 19.3 Å². The van der Waals surface area contributed by atoms with Crippen LogP contribution < -0.4 is 5.32 Å². The molecule has 0 aromatic heterocycles. The van der Waals surface area contributed by atoms with E-state index in [1.807, 2.05) is 18.2 Å². The Morgan fingerprint density at radius 2 is 2.00 bits per heavy atom. The summed E-state index contributed by atoms with van der Waals surface area (Å²) in [7, 11) is 0. The molecule has 1 N–H and O–H groups in total. The van der Waals surface area contributed by atoms with Crippen molar-refractivity contribution in [3.63, 3.8) is 0 Å². The third-order valence-corrected chi connectivity index (χ3v) is 4.21. The lowest BCUT2D eigenvalue weighted by atomic mass is 9.93. The molecule has 0 saturated heterocycles. The Morgan fingerprint density at radius 1 is 1.22 bits per heavy atom. The summed E-state index contributed by atoms with van der Waals surface area (Å²) < 4.78 is 0. The molecule has 0 radical (unpaired) electrons. The second-order valence-electron chi connectivity index (χ2n) is 5.26. The van der Waals surface area contributed by atoms with E-state index in [0.29, 0.717) is 6.04 Å². The first-order valence-electron chi connectivity index (χ1n) is 7.08. The first-order valence-corrected chi connectivity index (χ1v) is 7.08. The van der Waals surface area contributed by atoms with Crippen molar-refractivity contribution in [2.45, 2.75) is 39.2 Å². The van der Waals surface area contributed by atoms with Gasteiger partial charge in [-0.2, -0.15) is 0 Å². The van der Waals surface area contributed by atoms with Gasteiger partial charge in [0, 0.05) is 11.6 Å². The fourth-order valence-electron chi connectivity index (χ4n) is 2.96. The third-order valence-electron chi connectivity index (χ3n) is 4.21. The predicted molar refractivity (Wildman–Crippen MR) is 77.3 cm³/mol. The molecule has 1 nitrogen and oxygen atoms in total. The molecule has 18 heavy (non-hydrogen) atoms. The molecule has 1 fully saturated rings. The van der Waals surface area contributed by atoms with Crippen LogP contribution in [0.1, 0.15) is 38.7 Å². The van der Waals surface area contributed by atoms with Crippen molar-refractivity contribution in [2.24, 2.45) is 11.8 Å². The lowest BCUT2D eigenvalue weighted by Crippen LogP contribution is -2.32. The molecule has 1 aromatic rings. The molecule has 0 spiro atoms. The fraction of sp³-hybridized carbons (Fsp3) is 0.529. The fourth-order valence-corrected chi connectivity index (χ4v) is 2.96. The second kappa shape index (κ2) is 6.61. The van der Waals surface area contributed by atoms with Gasteiger partial charge >= 0.3 is 0 Å². The SMILES string of the molecule is CCC1CCC(NCC#Cc2ccccc2)C1C. The molecule has 0 heterocycles. The van der Waals surface area contributed by atoms with Crippen LogP contribution in [0.15, 0.2) is 30.3 Å². The molecule has 0 amide bonds. The minimum absolute atomic E-state index is 0.667. The van der Waals surface area contributed by atoms with Crippen LogP contribution in [-0.2, 0) is 0 Å². The highest BCUT2D eigenvalue weighted by molar-refractivity contribution is 5.33. The highest BCUT2D eigenvalue weighted by atomic mass is 14.9. The molecule has 1 aliphatic carbocycles. The lowest BCUT2D eigenvalue weighted by Gasteiger charge is -2.19. The molecule has 1 saturated carbocycles. The van der Waals surface area contributed by atoms with Crippen LogP contribution in [0.4, 0.5) is 0 Å². The summed E-state index contributed by atoms with van der Waals surface area (Å²) in [6.45, 7) is 5.49. The van der Waals surface area contributed by atoms with Gasteiger partial charge in [0.1, 0.15) is 0 Å². The quantitative estimate of drug-likeness (QED) is 0.799. The Bertz CT molecular complexity index is 412. The van der Waals surface area contributed by atoms with Crippen LogP contribution in [-0.4, -0.2) is 12.6 Å². The average molecular weight is 241 g/mol. The molecule has 1 aliphatic rings. The first kappa shape index (κ1) is 13.2. The van der Waals surface area contributed by atoms with E-state index in [0.717, 1.165) is 23.9 Å². The van der Waals surface area contributed by atoms with E-state index in [9.17, 15) is 0 Å². The van der Waals surface area contributed by atoms with Crippen molar-refractivity contribution in [1.82, 2.24) is 5.32 Å². The monoisotopic (exact) mass is 241 g/mol. The number of nitrogens with one attached hydrogen (secondary N) is 1. The van der Waals surface area contributed by atoms with Crippen molar-refractivity contribution in [3.05, 3.63) is 35.9 Å². The predicted octanol–water partition coefficient (Wildman–Crippen LogP) is 3.45. The van der Waals surface area contributed by atoms with E-state index >= 15 is 0 Å². The summed E-state index contributed by atoms with van der Waals surface area (Å²) in [4.78, 5) is 0. The van der Waals surface area contributed by atoms with Gasteiger partial charge in [-0.05, 0) is 36.8 Å². The maximum Gasteiger partial charge on any atom is 0.0582 e. The minimum atomic E-state index is 0.667. The van der Waals surface area contributed by atoms with E-state index in [1.54, 1.807) is 0 Å². The summed E-state index contributed by atoms with van der Waals surface area (Å²) in [5, 5.41) is 3.59. The summed E-state index contributed by atoms with van der Waals surface area (Å²) in [5.74, 6) is 8.12. The van der Waals surface area contributed by atoms with E-state index in [2.05, 4.69) is 43.1 Å². The molecule has 3 atom stereocenters. The van der Waals surface area contributed by atoms with Crippen LogP contribution >= 0.6 is 0 Å². The van der Waals surface area contributed by atoms with E-state index < -0.39 is 0 Å². The number of hydrogen-bond donors (Lipinski definition) is 1. The van der Waals surface area contributed by atoms with Gasteiger partial charge in [0.15, 0.2) is 0 Å². The molecule has 0 aliphatic heterocycles. The normalized spacial score (nSPS) is 26.7. The molecule has 0 bridgehead atoms. The van der Waals surface area contributed by atoms with Crippen molar-refractivity contribution < 1.29 is 0 Å². The maximum atomic E-state index is 3.59. The summed E-state index contributed by atoms with van der Waals surface area (Å²) in [6.07, 6.45) is 4.00. The zero-order valence-corrected chi connectivity index (χ0v) is 11.4. The van der Waals surface area contributed by atoms with Crippen molar-refractivity contribution in [2.75, 3.05) is 6.54 Å². The van der Waals surface area contributed by atoms with Crippen LogP contribution in [0, 0.1) is 23.7 Å². The number of benzene rings is 1.